The van der Waals surface area contributed by atoms with Crippen molar-refractivity contribution in [3.63, 3.8) is 0 Å². The summed E-state index contributed by atoms with van der Waals surface area (Å²) in [7, 11) is 0. The van der Waals surface area contributed by atoms with Crippen molar-refractivity contribution >= 4 is 40.3 Å². The first-order valence-corrected chi connectivity index (χ1v) is 6.87. The molecule has 1 unspecified atom stereocenters. The Kier molecular flexibility index (Phi) is 3.28. The summed E-state index contributed by atoms with van der Waals surface area (Å²) in [5, 5.41) is 1.20. The fraction of sp³-hybridized carbons (Fsp3) is 0.143. The fourth-order valence-electron chi connectivity index (χ4n) is 2.31. The molecule has 0 radical (unpaired) electrons. The number of nitrogens with zero attached hydrogens (tertiary/aromatic N) is 3. The second-order valence-corrected chi connectivity index (χ2v) is 5.37. The first-order valence-electron chi connectivity index (χ1n) is 6.11. The highest BCUT2D eigenvalue weighted by Gasteiger charge is 2.18. The zero-order valence-corrected chi connectivity index (χ0v) is 12.2. The van der Waals surface area contributed by atoms with Crippen LogP contribution in [0.15, 0.2) is 36.5 Å². The minimum atomic E-state index is -0.0836. The van der Waals surface area contributed by atoms with Gasteiger partial charge in [0.1, 0.15) is 5.52 Å². The van der Waals surface area contributed by atoms with Crippen LogP contribution in [0.4, 0.5) is 5.95 Å². The monoisotopic (exact) mass is 306 g/mol. The standard InChI is InChI=1S/C14H12Cl2N4/c1-8(10-5-4-9(15)7-11(10)16)20-13-12(19-14(20)17)3-2-6-18-13/h2-8H,1H3,(H2,17,19). The minimum absolute atomic E-state index is 0.0836. The Morgan fingerprint density at radius 2 is 2.05 bits per heavy atom. The summed E-state index contributed by atoms with van der Waals surface area (Å²) in [6.07, 6.45) is 1.72. The average molecular weight is 307 g/mol. The molecule has 102 valence electrons. The summed E-state index contributed by atoms with van der Waals surface area (Å²) < 4.78 is 1.87. The van der Waals surface area contributed by atoms with Gasteiger partial charge >= 0.3 is 0 Å². The summed E-state index contributed by atoms with van der Waals surface area (Å²) >= 11 is 12.2. The van der Waals surface area contributed by atoms with Gasteiger partial charge in [-0.1, -0.05) is 29.3 Å². The molecule has 0 bridgehead atoms. The van der Waals surface area contributed by atoms with Crippen molar-refractivity contribution in [1.29, 1.82) is 0 Å². The lowest BCUT2D eigenvalue weighted by atomic mass is 10.1. The molecule has 0 fully saturated rings. The Hall–Kier alpha value is -1.78. The topological polar surface area (TPSA) is 56.7 Å². The lowest BCUT2D eigenvalue weighted by Gasteiger charge is -2.17. The van der Waals surface area contributed by atoms with Crippen LogP contribution in [-0.4, -0.2) is 14.5 Å². The van der Waals surface area contributed by atoms with E-state index in [1.165, 1.54) is 0 Å². The first kappa shape index (κ1) is 13.2. The van der Waals surface area contributed by atoms with Gasteiger partial charge in [0.25, 0.3) is 0 Å². The van der Waals surface area contributed by atoms with Crippen LogP contribution in [0, 0.1) is 0 Å². The molecule has 0 saturated carbocycles. The molecule has 20 heavy (non-hydrogen) atoms. The average Bonchev–Trinajstić information content (AvgIpc) is 2.73. The summed E-state index contributed by atoms with van der Waals surface area (Å²) in [5.41, 5.74) is 8.44. The molecule has 2 heterocycles. The lowest BCUT2D eigenvalue weighted by Crippen LogP contribution is -2.11. The van der Waals surface area contributed by atoms with Gasteiger partial charge in [0.05, 0.1) is 6.04 Å². The summed E-state index contributed by atoms with van der Waals surface area (Å²) in [6, 6.07) is 9.05. The number of fused-ring (bicyclic) bond motifs is 1. The van der Waals surface area contributed by atoms with E-state index in [4.69, 9.17) is 28.9 Å². The van der Waals surface area contributed by atoms with Crippen molar-refractivity contribution in [2.24, 2.45) is 0 Å². The number of hydrogen-bond acceptors (Lipinski definition) is 3. The Balaban J connectivity index is 2.17. The third-order valence-electron chi connectivity index (χ3n) is 3.28. The minimum Gasteiger partial charge on any atom is -0.369 e. The molecule has 4 nitrogen and oxygen atoms in total. The smallest absolute Gasteiger partial charge is 0.203 e. The number of aromatic nitrogens is 3. The summed E-state index contributed by atoms with van der Waals surface area (Å²) in [5.74, 6) is 0.414. The molecule has 1 aromatic carbocycles. The molecule has 2 N–H and O–H groups in total. The quantitative estimate of drug-likeness (QED) is 0.780. The first-order chi connectivity index (χ1) is 9.58. The van der Waals surface area contributed by atoms with Gasteiger partial charge in [-0.05, 0) is 36.8 Å². The Morgan fingerprint density at radius 1 is 1.25 bits per heavy atom. The number of halogens is 2. The van der Waals surface area contributed by atoms with Gasteiger partial charge in [-0.3, -0.25) is 4.57 Å². The predicted octanol–water partition coefficient (Wildman–Crippen LogP) is 3.93. The maximum absolute atomic E-state index is 6.27. The highest BCUT2D eigenvalue weighted by atomic mass is 35.5. The van der Waals surface area contributed by atoms with Crippen molar-refractivity contribution in [2.45, 2.75) is 13.0 Å². The lowest BCUT2D eigenvalue weighted by molar-refractivity contribution is 0.662. The molecule has 0 aliphatic rings. The molecule has 6 heteroatoms. The molecular weight excluding hydrogens is 295 g/mol. The van der Waals surface area contributed by atoms with Gasteiger partial charge in [-0.15, -0.1) is 0 Å². The van der Waals surface area contributed by atoms with Gasteiger partial charge in [0, 0.05) is 16.2 Å². The van der Waals surface area contributed by atoms with E-state index in [0.29, 0.717) is 16.0 Å². The molecule has 1 atom stereocenters. The van der Waals surface area contributed by atoms with E-state index in [9.17, 15) is 0 Å². The maximum atomic E-state index is 6.27. The highest BCUT2D eigenvalue weighted by molar-refractivity contribution is 6.35. The van der Waals surface area contributed by atoms with Crippen LogP contribution in [0.5, 0.6) is 0 Å². The van der Waals surface area contributed by atoms with Crippen molar-refractivity contribution in [2.75, 3.05) is 5.73 Å². The number of nitrogens with two attached hydrogens (primary N) is 1. The van der Waals surface area contributed by atoms with Crippen LogP contribution in [0.25, 0.3) is 11.2 Å². The van der Waals surface area contributed by atoms with Crippen molar-refractivity contribution in [1.82, 2.24) is 14.5 Å². The molecule has 2 aromatic heterocycles. The van der Waals surface area contributed by atoms with E-state index in [0.717, 1.165) is 16.7 Å². The van der Waals surface area contributed by atoms with Crippen LogP contribution in [0.1, 0.15) is 18.5 Å². The van der Waals surface area contributed by atoms with Crippen LogP contribution in [0.3, 0.4) is 0 Å². The number of pyridine rings is 1. The molecule has 0 saturated heterocycles. The maximum Gasteiger partial charge on any atom is 0.203 e. The number of hydrogen-bond donors (Lipinski definition) is 1. The molecule has 0 aliphatic heterocycles. The van der Waals surface area contributed by atoms with Crippen LogP contribution in [-0.2, 0) is 0 Å². The van der Waals surface area contributed by atoms with Gasteiger partial charge in [0.15, 0.2) is 5.65 Å². The molecule has 0 aliphatic carbocycles. The molecule has 3 aromatic rings. The molecule has 0 spiro atoms. The van der Waals surface area contributed by atoms with Crippen molar-refractivity contribution in [3.05, 3.63) is 52.1 Å². The van der Waals surface area contributed by atoms with Crippen molar-refractivity contribution < 1.29 is 0 Å². The van der Waals surface area contributed by atoms with Crippen LogP contribution < -0.4 is 5.73 Å². The largest absolute Gasteiger partial charge is 0.369 e. The predicted molar refractivity (Wildman–Crippen MR) is 82.2 cm³/mol. The Bertz CT molecular complexity index is 782. The van der Waals surface area contributed by atoms with E-state index in [1.54, 1.807) is 12.3 Å². The highest BCUT2D eigenvalue weighted by Crippen LogP contribution is 2.31. The van der Waals surface area contributed by atoms with E-state index >= 15 is 0 Å². The van der Waals surface area contributed by atoms with Crippen LogP contribution >= 0.6 is 23.2 Å². The van der Waals surface area contributed by atoms with Gasteiger partial charge in [-0.2, -0.15) is 0 Å². The zero-order chi connectivity index (χ0) is 14.3. The molecule has 3 rings (SSSR count). The molecular formula is C14H12Cl2N4. The second kappa shape index (κ2) is 4.96. The SMILES string of the molecule is CC(c1ccc(Cl)cc1Cl)n1c(N)nc2cccnc21. The number of anilines is 1. The Labute approximate surface area is 126 Å². The Morgan fingerprint density at radius 3 is 2.80 bits per heavy atom. The van der Waals surface area contributed by atoms with Gasteiger partial charge in [0.2, 0.25) is 5.95 Å². The third kappa shape index (κ3) is 2.11. The number of nitrogen functional groups attached to an aromatic ring is 1. The zero-order valence-electron chi connectivity index (χ0n) is 10.7. The third-order valence-corrected chi connectivity index (χ3v) is 3.84. The summed E-state index contributed by atoms with van der Waals surface area (Å²) in [4.78, 5) is 8.66. The number of imidazole rings is 1. The number of benzene rings is 1. The van der Waals surface area contributed by atoms with E-state index < -0.39 is 0 Å². The normalized spacial score (nSPS) is 12.8. The second-order valence-electron chi connectivity index (χ2n) is 4.53. The van der Waals surface area contributed by atoms with Crippen LogP contribution in [0.2, 0.25) is 10.0 Å². The van der Waals surface area contributed by atoms with E-state index in [1.807, 2.05) is 35.8 Å². The van der Waals surface area contributed by atoms with E-state index in [2.05, 4.69) is 9.97 Å². The summed E-state index contributed by atoms with van der Waals surface area (Å²) in [6.45, 7) is 2.00. The molecule has 0 amide bonds. The van der Waals surface area contributed by atoms with Gasteiger partial charge in [-0.25, -0.2) is 9.97 Å². The van der Waals surface area contributed by atoms with E-state index in [-0.39, 0.29) is 6.04 Å². The fourth-order valence-corrected chi connectivity index (χ4v) is 2.87. The number of rotatable bonds is 2. The van der Waals surface area contributed by atoms with Crippen molar-refractivity contribution in [3.8, 4) is 0 Å². The van der Waals surface area contributed by atoms with Gasteiger partial charge < -0.3 is 5.73 Å².